The molecule has 1 unspecified atom stereocenters. The van der Waals surface area contributed by atoms with E-state index in [1.54, 1.807) is 0 Å². The normalized spacial score (nSPS) is 28.0. The average molecular weight is 235 g/mol. The van der Waals surface area contributed by atoms with Crippen LogP contribution in [0.5, 0.6) is 0 Å². The molecule has 2 atom stereocenters. The standard InChI is InChI=1S/C12H13NO2S/c14-12-13-7-11(6-9(13)8-15-12)16-10-4-2-1-3-5-10/h1-5,9,11H,6-8H2/t9?,11-/m0/s1. The van der Waals surface area contributed by atoms with Crippen molar-refractivity contribution in [3.05, 3.63) is 30.3 Å². The lowest BCUT2D eigenvalue weighted by atomic mass is 10.2. The number of cyclic esters (lactones) is 1. The molecule has 3 nitrogen and oxygen atoms in total. The molecule has 1 amide bonds. The average Bonchev–Trinajstić information content (AvgIpc) is 2.83. The molecule has 1 aromatic carbocycles. The van der Waals surface area contributed by atoms with Gasteiger partial charge < -0.3 is 9.64 Å². The van der Waals surface area contributed by atoms with Crippen molar-refractivity contribution in [2.75, 3.05) is 13.2 Å². The Labute approximate surface area is 98.8 Å². The van der Waals surface area contributed by atoms with Crippen LogP contribution in [0.3, 0.4) is 0 Å². The summed E-state index contributed by atoms with van der Waals surface area (Å²) >= 11 is 1.86. The molecule has 2 saturated heterocycles. The zero-order valence-corrected chi connectivity index (χ0v) is 9.65. The highest BCUT2D eigenvalue weighted by molar-refractivity contribution is 8.00. The predicted octanol–water partition coefficient (Wildman–Crippen LogP) is 2.37. The Bertz CT molecular complexity index is 395. The van der Waals surface area contributed by atoms with Crippen molar-refractivity contribution in [1.82, 2.24) is 4.90 Å². The molecule has 3 rings (SSSR count). The van der Waals surface area contributed by atoms with Crippen LogP contribution in [-0.4, -0.2) is 35.4 Å². The number of fused-ring (bicyclic) bond motifs is 1. The fourth-order valence-electron chi connectivity index (χ4n) is 2.28. The van der Waals surface area contributed by atoms with Crippen molar-refractivity contribution in [1.29, 1.82) is 0 Å². The molecule has 16 heavy (non-hydrogen) atoms. The van der Waals surface area contributed by atoms with E-state index in [1.807, 2.05) is 34.9 Å². The Balaban J connectivity index is 1.65. The van der Waals surface area contributed by atoms with Gasteiger partial charge in [0.1, 0.15) is 6.61 Å². The molecule has 2 heterocycles. The maximum atomic E-state index is 11.3. The molecule has 1 aromatic rings. The quantitative estimate of drug-likeness (QED) is 0.788. The number of thioether (sulfide) groups is 1. The third-order valence-corrected chi connectivity index (χ3v) is 4.27. The summed E-state index contributed by atoms with van der Waals surface area (Å²) in [5.41, 5.74) is 0. The lowest BCUT2D eigenvalue weighted by molar-refractivity contribution is 0.159. The van der Waals surface area contributed by atoms with E-state index >= 15 is 0 Å². The van der Waals surface area contributed by atoms with Crippen LogP contribution in [0.25, 0.3) is 0 Å². The topological polar surface area (TPSA) is 29.5 Å². The summed E-state index contributed by atoms with van der Waals surface area (Å²) in [7, 11) is 0. The van der Waals surface area contributed by atoms with Crippen LogP contribution in [0.1, 0.15) is 6.42 Å². The second-order valence-electron chi connectivity index (χ2n) is 4.17. The Morgan fingerprint density at radius 3 is 2.88 bits per heavy atom. The fraction of sp³-hybridized carbons (Fsp3) is 0.417. The van der Waals surface area contributed by atoms with Crippen molar-refractivity contribution in [3.8, 4) is 0 Å². The number of carbonyl (C=O) groups excluding carboxylic acids is 1. The summed E-state index contributed by atoms with van der Waals surface area (Å²) < 4.78 is 5.00. The number of ether oxygens (including phenoxy) is 1. The Kier molecular flexibility index (Phi) is 2.52. The van der Waals surface area contributed by atoms with Crippen molar-refractivity contribution in [3.63, 3.8) is 0 Å². The summed E-state index contributed by atoms with van der Waals surface area (Å²) in [6.07, 6.45) is 0.909. The highest BCUT2D eigenvalue weighted by Crippen LogP contribution is 2.35. The second kappa shape index (κ2) is 4.01. The van der Waals surface area contributed by atoms with Crippen LogP contribution in [0.15, 0.2) is 35.2 Å². The Morgan fingerprint density at radius 2 is 2.12 bits per heavy atom. The van der Waals surface area contributed by atoms with Gasteiger partial charge in [0.15, 0.2) is 0 Å². The van der Waals surface area contributed by atoms with Crippen LogP contribution < -0.4 is 0 Å². The van der Waals surface area contributed by atoms with Gasteiger partial charge in [-0.05, 0) is 18.6 Å². The largest absolute Gasteiger partial charge is 0.447 e. The third kappa shape index (κ3) is 1.78. The van der Waals surface area contributed by atoms with E-state index in [1.165, 1.54) is 4.90 Å². The molecule has 2 aliphatic rings. The minimum Gasteiger partial charge on any atom is -0.447 e. The van der Waals surface area contributed by atoms with Crippen molar-refractivity contribution in [2.24, 2.45) is 0 Å². The van der Waals surface area contributed by atoms with Crippen molar-refractivity contribution in [2.45, 2.75) is 22.6 Å². The van der Waals surface area contributed by atoms with Gasteiger partial charge in [0.25, 0.3) is 0 Å². The minimum absolute atomic E-state index is 0.138. The van der Waals surface area contributed by atoms with Crippen LogP contribution in [0.2, 0.25) is 0 Å². The Hall–Kier alpha value is -1.16. The molecule has 0 radical (unpaired) electrons. The zero-order valence-electron chi connectivity index (χ0n) is 8.83. The van der Waals surface area contributed by atoms with Crippen LogP contribution in [0.4, 0.5) is 4.79 Å². The zero-order chi connectivity index (χ0) is 11.0. The van der Waals surface area contributed by atoms with Gasteiger partial charge in [-0.3, -0.25) is 0 Å². The van der Waals surface area contributed by atoms with Gasteiger partial charge in [-0.25, -0.2) is 4.79 Å². The number of hydrogen-bond donors (Lipinski definition) is 0. The van der Waals surface area contributed by atoms with E-state index in [0.717, 1.165) is 13.0 Å². The first-order chi connectivity index (χ1) is 7.83. The van der Waals surface area contributed by atoms with Crippen LogP contribution in [-0.2, 0) is 4.74 Å². The fourth-order valence-corrected chi connectivity index (χ4v) is 3.54. The molecular formula is C12H13NO2S. The maximum absolute atomic E-state index is 11.3. The number of hydrogen-bond acceptors (Lipinski definition) is 3. The van der Waals surface area contributed by atoms with Crippen molar-refractivity contribution < 1.29 is 9.53 Å². The molecule has 84 valence electrons. The first kappa shape index (κ1) is 10.0. The van der Waals surface area contributed by atoms with Crippen LogP contribution in [0, 0.1) is 0 Å². The lowest BCUT2D eigenvalue weighted by Crippen LogP contribution is -2.27. The van der Waals surface area contributed by atoms with E-state index in [9.17, 15) is 4.79 Å². The summed E-state index contributed by atoms with van der Waals surface area (Å²) in [6.45, 7) is 1.40. The molecule has 0 saturated carbocycles. The number of rotatable bonds is 2. The molecule has 4 heteroatoms. The summed E-state index contributed by atoms with van der Waals surface area (Å²) in [5.74, 6) is 0. The SMILES string of the molecule is O=C1OCC2C[C@H](Sc3ccccc3)CN12. The lowest BCUT2D eigenvalue weighted by Gasteiger charge is -2.11. The second-order valence-corrected chi connectivity index (χ2v) is 5.55. The molecule has 0 aromatic heterocycles. The van der Waals surface area contributed by atoms with E-state index in [0.29, 0.717) is 17.9 Å². The van der Waals surface area contributed by atoms with Gasteiger partial charge in [0, 0.05) is 16.7 Å². The maximum Gasteiger partial charge on any atom is 0.410 e. The van der Waals surface area contributed by atoms with Gasteiger partial charge >= 0.3 is 6.09 Å². The molecular weight excluding hydrogens is 222 g/mol. The van der Waals surface area contributed by atoms with Gasteiger partial charge in [-0.15, -0.1) is 11.8 Å². The molecule has 2 aliphatic heterocycles. The third-order valence-electron chi connectivity index (χ3n) is 3.06. The smallest absolute Gasteiger partial charge is 0.410 e. The Morgan fingerprint density at radius 1 is 1.31 bits per heavy atom. The first-order valence-corrected chi connectivity index (χ1v) is 6.36. The minimum atomic E-state index is -0.138. The molecule has 2 fully saturated rings. The summed E-state index contributed by atoms with van der Waals surface area (Å²) in [6, 6.07) is 10.7. The highest BCUT2D eigenvalue weighted by Gasteiger charge is 2.41. The molecule has 0 bridgehead atoms. The van der Waals surface area contributed by atoms with E-state index in [2.05, 4.69) is 12.1 Å². The van der Waals surface area contributed by atoms with Crippen LogP contribution >= 0.6 is 11.8 Å². The summed E-state index contributed by atoms with van der Waals surface area (Å²) in [5, 5.41) is 0.514. The van der Waals surface area contributed by atoms with E-state index in [4.69, 9.17) is 4.74 Å². The molecule has 0 aliphatic carbocycles. The predicted molar refractivity (Wildman–Crippen MR) is 62.5 cm³/mol. The molecule has 0 spiro atoms. The van der Waals surface area contributed by atoms with E-state index in [-0.39, 0.29) is 6.09 Å². The number of nitrogens with zero attached hydrogens (tertiary/aromatic N) is 1. The monoisotopic (exact) mass is 235 g/mol. The van der Waals surface area contributed by atoms with Crippen molar-refractivity contribution >= 4 is 17.9 Å². The number of carbonyl (C=O) groups is 1. The van der Waals surface area contributed by atoms with E-state index < -0.39 is 0 Å². The molecule has 0 N–H and O–H groups in total. The van der Waals surface area contributed by atoms with Gasteiger partial charge in [0.05, 0.1) is 6.04 Å². The van der Waals surface area contributed by atoms with Gasteiger partial charge in [-0.2, -0.15) is 0 Å². The number of benzene rings is 1. The number of amides is 1. The van der Waals surface area contributed by atoms with Gasteiger partial charge in [-0.1, -0.05) is 18.2 Å². The summed E-state index contributed by atoms with van der Waals surface area (Å²) in [4.78, 5) is 14.5. The highest BCUT2D eigenvalue weighted by atomic mass is 32.2. The van der Waals surface area contributed by atoms with Gasteiger partial charge in [0.2, 0.25) is 0 Å². The first-order valence-electron chi connectivity index (χ1n) is 5.48.